The number of benzene rings is 1. The number of alkyl halides is 3. The van der Waals surface area contributed by atoms with Gasteiger partial charge in [-0.05, 0) is 49.6 Å². The van der Waals surface area contributed by atoms with E-state index in [-0.39, 0.29) is 16.5 Å². The van der Waals surface area contributed by atoms with Crippen LogP contribution in [0.15, 0.2) is 36.5 Å². The van der Waals surface area contributed by atoms with Gasteiger partial charge in [0.2, 0.25) is 0 Å². The average molecular weight is 424 g/mol. The third kappa shape index (κ3) is 2.69. The predicted octanol–water partition coefficient (Wildman–Crippen LogP) is 4.97. The van der Waals surface area contributed by atoms with Gasteiger partial charge in [0.1, 0.15) is 10.7 Å². The van der Waals surface area contributed by atoms with Crippen molar-refractivity contribution in [2.45, 2.75) is 36.4 Å². The molecule has 1 N–H and O–H groups in total. The lowest BCUT2D eigenvalue weighted by atomic mass is 9.39. The second-order valence-corrected chi connectivity index (χ2v) is 9.07. The summed E-state index contributed by atoms with van der Waals surface area (Å²) in [5.41, 5.74) is -0.589. The molecule has 3 aliphatic rings. The molecule has 1 aromatic carbocycles. The summed E-state index contributed by atoms with van der Waals surface area (Å²) in [6.45, 7) is 0. The standard InChI is InChI=1S/C19H13ClF3N3OS/c20-11-1-2-12-13(6-11)28-16(25-12)17-7-18(8-17,9-17)26-15(27)10-3-4-24-14(5-10)19(21,22)23/h1-6H,7-9H2,(H,26,27). The Bertz CT molecular complexity index is 1110. The molecule has 144 valence electrons. The molecule has 2 bridgehead atoms. The maximum absolute atomic E-state index is 12.8. The Morgan fingerprint density at radius 1 is 1.18 bits per heavy atom. The number of amides is 1. The maximum Gasteiger partial charge on any atom is 0.433 e. The van der Waals surface area contributed by atoms with E-state index in [9.17, 15) is 18.0 Å². The minimum absolute atomic E-state index is 0.0317. The molecule has 3 aliphatic carbocycles. The van der Waals surface area contributed by atoms with Crippen LogP contribution in [0, 0.1) is 0 Å². The molecular formula is C19H13ClF3N3OS. The van der Waals surface area contributed by atoms with E-state index in [1.54, 1.807) is 17.4 Å². The summed E-state index contributed by atoms with van der Waals surface area (Å²) < 4.78 is 39.4. The number of thiazole rings is 1. The van der Waals surface area contributed by atoms with Crippen LogP contribution < -0.4 is 5.32 Å². The van der Waals surface area contributed by atoms with Crippen LogP contribution in [0.5, 0.6) is 0 Å². The fraction of sp³-hybridized carbons (Fsp3) is 0.316. The molecule has 0 saturated heterocycles. The number of rotatable bonds is 3. The lowest BCUT2D eigenvalue weighted by molar-refractivity contribution is -0.141. The largest absolute Gasteiger partial charge is 0.433 e. The molecule has 2 heterocycles. The molecule has 0 unspecified atom stereocenters. The number of aromatic nitrogens is 2. The number of hydrogen-bond acceptors (Lipinski definition) is 4. The predicted molar refractivity (Wildman–Crippen MR) is 99.6 cm³/mol. The molecule has 0 spiro atoms. The van der Waals surface area contributed by atoms with Gasteiger partial charge >= 0.3 is 6.18 Å². The summed E-state index contributed by atoms with van der Waals surface area (Å²) in [5, 5.41) is 4.61. The fourth-order valence-electron chi connectivity index (χ4n) is 4.31. The number of hydrogen-bond donors (Lipinski definition) is 1. The zero-order valence-corrected chi connectivity index (χ0v) is 15.9. The topological polar surface area (TPSA) is 54.9 Å². The van der Waals surface area contributed by atoms with Crippen LogP contribution in [-0.2, 0) is 11.6 Å². The van der Waals surface area contributed by atoms with Crippen LogP contribution in [0.3, 0.4) is 0 Å². The van der Waals surface area contributed by atoms with Gasteiger partial charge in [0.25, 0.3) is 5.91 Å². The molecule has 3 aromatic rings. The molecule has 0 atom stereocenters. The summed E-state index contributed by atoms with van der Waals surface area (Å²) in [5.74, 6) is -0.503. The molecule has 9 heteroatoms. The highest BCUT2D eigenvalue weighted by molar-refractivity contribution is 7.18. The normalized spacial score (nSPS) is 25.9. The van der Waals surface area contributed by atoms with E-state index in [1.807, 2.05) is 12.1 Å². The SMILES string of the molecule is O=C(NC12CC(c3nc4ccc(Cl)cc4s3)(C1)C2)c1ccnc(C(F)(F)F)c1. The Hall–Kier alpha value is -2.19. The van der Waals surface area contributed by atoms with Crippen molar-refractivity contribution in [3.8, 4) is 0 Å². The van der Waals surface area contributed by atoms with Gasteiger partial charge in [0, 0.05) is 27.7 Å². The van der Waals surface area contributed by atoms with E-state index in [4.69, 9.17) is 16.6 Å². The summed E-state index contributed by atoms with van der Waals surface area (Å²) in [6, 6.07) is 7.67. The monoisotopic (exact) mass is 423 g/mol. The molecule has 3 saturated carbocycles. The number of carbonyl (C=O) groups excluding carboxylic acids is 1. The van der Waals surface area contributed by atoms with Crippen LogP contribution in [0.4, 0.5) is 13.2 Å². The number of pyridine rings is 1. The summed E-state index contributed by atoms with van der Waals surface area (Å²) in [6.07, 6.45) is -1.33. The van der Waals surface area contributed by atoms with Gasteiger partial charge in [0.15, 0.2) is 0 Å². The van der Waals surface area contributed by atoms with Crippen molar-refractivity contribution < 1.29 is 18.0 Å². The third-order valence-corrected chi connectivity index (χ3v) is 7.03. The van der Waals surface area contributed by atoms with Gasteiger partial charge in [0.05, 0.1) is 10.2 Å². The van der Waals surface area contributed by atoms with Gasteiger partial charge < -0.3 is 5.32 Å². The number of fused-ring (bicyclic) bond motifs is 1. The van der Waals surface area contributed by atoms with Crippen molar-refractivity contribution in [3.05, 3.63) is 57.8 Å². The second kappa shape index (κ2) is 5.67. The smallest absolute Gasteiger partial charge is 0.346 e. The molecule has 0 radical (unpaired) electrons. The maximum atomic E-state index is 12.8. The Balaban J connectivity index is 1.30. The van der Waals surface area contributed by atoms with Crippen LogP contribution in [-0.4, -0.2) is 21.4 Å². The average Bonchev–Trinajstić information content (AvgIpc) is 2.98. The van der Waals surface area contributed by atoms with Gasteiger partial charge in [-0.25, -0.2) is 4.98 Å². The number of carbonyl (C=O) groups is 1. The van der Waals surface area contributed by atoms with E-state index >= 15 is 0 Å². The second-order valence-electron chi connectivity index (χ2n) is 7.60. The van der Waals surface area contributed by atoms with Crippen LogP contribution in [0.2, 0.25) is 5.02 Å². The summed E-state index contributed by atoms with van der Waals surface area (Å²) in [7, 11) is 0. The molecule has 2 aromatic heterocycles. The number of nitrogens with one attached hydrogen (secondary N) is 1. The van der Waals surface area contributed by atoms with E-state index in [2.05, 4.69) is 10.3 Å². The summed E-state index contributed by atoms with van der Waals surface area (Å²) >= 11 is 7.64. The molecule has 6 rings (SSSR count). The van der Waals surface area contributed by atoms with E-state index in [0.717, 1.165) is 46.7 Å². The minimum Gasteiger partial charge on any atom is -0.346 e. The van der Waals surface area contributed by atoms with E-state index in [0.29, 0.717) is 5.02 Å². The first-order valence-corrected chi connectivity index (χ1v) is 9.80. The summed E-state index contributed by atoms with van der Waals surface area (Å²) in [4.78, 5) is 20.4. The van der Waals surface area contributed by atoms with Gasteiger partial charge in [-0.2, -0.15) is 13.2 Å². The Kier molecular flexibility index (Phi) is 3.62. The highest BCUT2D eigenvalue weighted by Gasteiger charge is 2.70. The lowest BCUT2D eigenvalue weighted by Gasteiger charge is -2.69. The van der Waals surface area contributed by atoms with Gasteiger partial charge in [-0.1, -0.05) is 11.6 Å². The lowest BCUT2D eigenvalue weighted by Crippen LogP contribution is -2.76. The van der Waals surface area contributed by atoms with Crippen LogP contribution in [0.25, 0.3) is 10.2 Å². The van der Waals surface area contributed by atoms with Crippen molar-refractivity contribution in [2.75, 3.05) is 0 Å². The highest BCUT2D eigenvalue weighted by Crippen LogP contribution is 2.68. The molecule has 3 fully saturated rings. The van der Waals surface area contributed by atoms with Crippen molar-refractivity contribution in [3.63, 3.8) is 0 Å². The molecule has 28 heavy (non-hydrogen) atoms. The molecule has 4 nitrogen and oxygen atoms in total. The quantitative estimate of drug-likeness (QED) is 0.647. The minimum atomic E-state index is -4.58. The number of nitrogens with zero attached hydrogens (tertiary/aromatic N) is 2. The molecular weight excluding hydrogens is 411 g/mol. The first-order chi connectivity index (χ1) is 13.2. The van der Waals surface area contributed by atoms with Crippen molar-refractivity contribution in [1.29, 1.82) is 0 Å². The molecule has 0 aliphatic heterocycles. The first-order valence-electron chi connectivity index (χ1n) is 8.61. The van der Waals surface area contributed by atoms with Crippen molar-refractivity contribution in [1.82, 2.24) is 15.3 Å². The fourth-order valence-corrected chi connectivity index (χ4v) is 5.74. The van der Waals surface area contributed by atoms with Gasteiger partial charge in [-0.15, -0.1) is 11.3 Å². The number of halogens is 4. The van der Waals surface area contributed by atoms with Crippen LogP contribution in [0.1, 0.15) is 40.3 Å². The molecule has 1 amide bonds. The Labute approximate surface area is 166 Å². The van der Waals surface area contributed by atoms with Crippen molar-refractivity contribution in [2.24, 2.45) is 0 Å². The van der Waals surface area contributed by atoms with Crippen LogP contribution >= 0.6 is 22.9 Å². The third-order valence-electron chi connectivity index (χ3n) is 5.53. The Morgan fingerprint density at radius 3 is 2.64 bits per heavy atom. The zero-order chi connectivity index (χ0) is 19.7. The van der Waals surface area contributed by atoms with E-state index < -0.39 is 17.8 Å². The Morgan fingerprint density at radius 2 is 1.93 bits per heavy atom. The van der Waals surface area contributed by atoms with Gasteiger partial charge in [-0.3, -0.25) is 9.78 Å². The van der Waals surface area contributed by atoms with Crippen molar-refractivity contribution >= 4 is 39.1 Å². The zero-order valence-electron chi connectivity index (χ0n) is 14.3. The first kappa shape index (κ1) is 17.9. The van der Waals surface area contributed by atoms with E-state index in [1.165, 1.54) is 6.07 Å². The highest BCUT2D eigenvalue weighted by atomic mass is 35.5.